The fourth-order valence-electron chi connectivity index (χ4n) is 0.907. The molecule has 70 valence electrons. The van der Waals surface area contributed by atoms with Gasteiger partial charge in [-0.3, -0.25) is 4.79 Å². The zero-order chi connectivity index (χ0) is 10.0. The molecule has 0 heterocycles. The van der Waals surface area contributed by atoms with Crippen molar-refractivity contribution in [1.82, 2.24) is 0 Å². The van der Waals surface area contributed by atoms with E-state index in [9.17, 15) is 13.6 Å². The molecule has 0 bridgehead atoms. The number of carbonyl (C=O) groups is 1. The minimum atomic E-state index is -1.14. The predicted octanol–water partition coefficient (Wildman–Crippen LogP) is 0.698. The van der Waals surface area contributed by atoms with Crippen molar-refractivity contribution in [2.75, 3.05) is 0 Å². The first-order valence-corrected chi connectivity index (χ1v) is 3.46. The molecule has 1 aromatic rings. The van der Waals surface area contributed by atoms with Gasteiger partial charge in [0.1, 0.15) is 0 Å². The van der Waals surface area contributed by atoms with E-state index in [0.29, 0.717) is 0 Å². The van der Waals surface area contributed by atoms with Gasteiger partial charge in [0.05, 0.1) is 6.42 Å². The number of phenols is 1. The lowest BCUT2D eigenvalue weighted by atomic mass is 10.1. The minimum Gasteiger partial charge on any atom is -0.503 e. The van der Waals surface area contributed by atoms with Gasteiger partial charge in [0.15, 0.2) is 17.4 Å². The number of halogens is 2. The van der Waals surface area contributed by atoms with E-state index < -0.39 is 23.3 Å². The third kappa shape index (κ3) is 1.93. The highest BCUT2D eigenvalue weighted by Gasteiger charge is 2.13. The van der Waals surface area contributed by atoms with Crippen molar-refractivity contribution in [1.29, 1.82) is 0 Å². The van der Waals surface area contributed by atoms with E-state index in [1.165, 1.54) is 0 Å². The molecule has 3 N–H and O–H groups in total. The smallest absolute Gasteiger partial charge is 0.221 e. The van der Waals surface area contributed by atoms with Gasteiger partial charge in [-0.15, -0.1) is 0 Å². The second-order valence-electron chi connectivity index (χ2n) is 2.51. The highest BCUT2D eigenvalue weighted by molar-refractivity contribution is 5.76. The lowest BCUT2D eigenvalue weighted by Crippen LogP contribution is -2.14. The Bertz CT molecular complexity index is 352. The summed E-state index contributed by atoms with van der Waals surface area (Å²) in [6, 6.07) is 1.94. The fourth-order valence-corrected chi connectivity index (χ4v) is 0.907. The molecule has 0 spiro atoms. The number of nitrogens with two attached hydrogens (primary N) is 1. The molecule has 0 saturated carbocycles. The van der Waals surface area contributed by atoms with Gasteiger partial charge in [0.25, 0.3) is 0 Å². The van der Waals surface area contributed by atoms with Gasteiger partial charge in [0, 0.05) is 5.56 Å². The molecule has 3 nitrogen and oxygen atoms in total. The molecule has 0 unspecified atom stereocenters. The first kappa shape index (κ1) is 9.44. The third-order valence-corrected chi connectivity index (χ3v) is 1.51. The van der Waals surface area contributed by atoms with E-state index in [0.717, 1.165) is 12.1 Å². The summed E-state index contributed by atoms with van der Waals surface area (Å²) in [6.45, 7) is 0. The Balaban J connectivity index is 3.10. The average Bonchev–Trinajstić information content (AvgIpc) is 2.06. The van der Waals surface area contributed by atoms with Crippen LogP contribution in [0.1, 0.15) is 5.56 Å². The first-order chi connectivity index (χ1) is 6.02. The largest absolute Gasteiger partial charge is 0.503 e. The number of benzene rings is 1. The van der Waals surface area contributed by atoms with E-state index in [2.05, 4.69) is 0 Å². The Morgan fingerprint density at radius 1 is 1.46 bits per heavy atom. The number of carbonyl (C=O) groups excluding carboxylic acids is 1. The van der Waals surface area contributed by atoms with E-state index in [-0.39, 0.29) is 12.0 Å². The van der Waals surface area contributed by atoms with Gasteiger partial charge < -0.3 is 10.8 Å². The number of aromatic hydroxyl groups is 1. The maximum Gasteiger partial charge on any atom is 0.221 e. The van der Waals surface area contributed by atoms with Crippen LogP contribution in [-0.4, -0.2) is 11.0 Å². The van der Waals surface area contributed by atoms with Crippen LogP contribution in [0.4, 0.5) is 8.78 Å². The number of primary amides is 1. The summed E-state index contributed by atoms with van der Waals surface area (Å²) in [5, 5.41) is 8.80. The molecule has 0 atom stereocenters. The summed E-state index contributed by atoms with van der Waals surface area (Å²) in [5.74, 6) is -4.03. The maximum atomic E-state index is 12.9. The molecule has 0 saturated heterocycles. The molecule has 5 heteroatoms. The Hall–Kier alpha value is -1.65. The van der Waals surface area contributed by atoms with Crippen molar-refractivity contribution >= 4 is 5.91 Å². The van der Waals surface area contributed by atoms with Gasteiger partial charge >= 0.3 is 0 Å². The molecule has 13 heavy (non-hydrogen) atoms. The van der Waals surface area contributed by atoms with Crippen LogP contribution in [0.5, 0.6) is 5.75 Å². The Kier molecular flexibility index (Phi) is 2.46. The van der Waals surface area contributed by atoms with Crippen LogP contribution in [0.2, 0.25) is 0 Å². The van der Waals surface area contributed by atoms with Crippen LogP contribution in [0.3, 0.4) is 0 Å². The fraction of sp³-hybridized carbons (Fsp3) is 0.125. The minimum absolute atomic E-state index is 0.119. The standard InChI is InChI=1S/C8H7F2NO2/c9-5-2-1-4(3-6(11)12)7(10)8(5)13/h1-2,13H,3H2,(H2,11,12). The highest BCUT2D eigenvalue weighted by Crippen LogP contribution is 2.22. The molecule has 0 aliphatic rings. The summed E-state index contributed by atoms with van der Waals surface area (Å²) < 4.78 is 25.4. The molecule has 1 rings (SSSR count). The van der Waals surface area contributed by atoms with E-state index in [1.807, 2.05) is 0 Å². The SMILES string of the molecule is NC(=O)Cc1ccc(F)c(O)c1F. The van der Waals surface area contributed by atoms with E-state index >= 15 is 0 Å². The highest BCUT2D eigenvalue weighted by atomic mass is 19.1. The van der Waals surface area contributed by atoms with Gasteiger partial charge in [-0.05, 0) is 6.07 Å². The monoisotopic (exact) mass is 187 g/mol. The molecule has 0 aliphatic carbocycles. The van der Waals surface area contributed by atoms with Crippen LogP contribution in [0.15, 0.2) is 12.1 Å². The molecule has 0 radical (unpaired) electrons. The van der Waals surface area contributed by atoms with Gasteiger partial charge in [0.2, 0.25) is 5.91 Å². The normalized spacial score (nSPS) is 10.0. The third-order valence-electron chi connectivity index (χ3n) is 1.51. The summed E-state index contributed by atoms with van der Waals surface area (Å²) in [5.41, 5.74) is 4.68. The van der Waals surface area contributed by atoms with Crippen LogP contribution in [0.25, 0.3) is 0 Å². The van der Waals surface area contributed by atoms with Crippen molar-refractivity contribution in [2.24, 2.45) is 5.73 Å². The quantitative estimate of drug-likeness (QED) is 0.715. The van der Waals surface area contributed by atoms with E-state index in [4.69, 9.17) is 10.8 Å². The van der Waals surface area contributed by atoms with Crippen molar-refractivity contribution in [2.45, 2.75) is 6.42 Å². The Morgan fingerprint density at radius 2 is 2.08 bits per heavy atom. The predicted molar refractivity (Wildman–Crippen MR) is 40.9 cm³/mol. The number of rotatable bonds is 2. The van der Waals surface area contributed by atoms with Crippen molar-refractivity contribution in [3.8, 4) is 5.75 Å². The van der Waals surface area contributed by atoms with Crippen LogP contribution < -0.4 is 5.73 Å². The van der Waals surface area contributed by atoms with Gasteiger partial charge in [-0.1, -0.05) is 6.07 Å². The van der Waals surface area contributed by atoms with Crippen molar-refractivity contribution in [3.63, 3.8) is 0 Å². The number of amides is 1. The summed E-state index contributed by atoms with van der Waals surface area (Å²) >= 11 is 0. The zero-order valence-electron chi connectivity index (χ0n) is 6.55. The van der Waals surface area contributed by atoms with E-state index in [1.54, 1.807) is 0 Å². The number of hydrogen-bond acceptors (Lipinski definition) is 2. The topological polar surface area (TPSA) is 63.3 Å². The Labute approximate surface area is 72.8 Å². The van der Waals surface area contributed by atoms with Gasteiger partial charge in [-0.25, -0.2) is 8.78 Å². The summed E-state index contributed by atoms with van der Waals surface area (Å²) in [4.78, 5) is 10.4. The second kappa shape index (κ2) is 3.38. The Morgan fingerprint density at radius 3 is 2.62 bits per heavy atom. The lowest BCUT2D eigenvalue weighted by Gasteiger charge is -2.02. The zero-order valence-corrected chi connectivity index (χ0v) is 6.55. The lowest BCUT2D eigenvalue weighted by molar-refractivity contribution is -0.117. The summed E-state index contributed by atoms with van der Waals surface area (Å²) in [7, 11) is 0. The number of hydrogen-bond donors (Lipinski definition) is 2. The van der Waals surface area contributed by atoms with Crippen LogP contribution in [-0.2, 0) is 11.2 Å². The van der Waals surface area contributed by atoms with Crippen molar-refractivity contribution < 1.29 is 18.7 Å². The van der Waals surface area contributed by atoms with Crippen LogP contribution >= 0.6 is 0 Å². The molecule has 0 fully saturated rings. The average molecular weight is 187 g/mol. The molecular formula is C8H7F2NO2. The first-order valence-electron chi connectivity index (χ1n) is 3.46. The number of phenolic OH excluding ortho intramolecular Hbond substituents is 1. The van der Waals surface area contributed by atoms with Crippen molar-refractivity contribution in [3.05, 3.63) is 29.3 Å². The molecule has 1 aromatic carbocycles. The molecule has 1 amide bonds. The van der Waals surface area contributed by atoms with Gasteiger partial charge in [-0.2, -0.15) is 0 Å². The summed E-state index contributed by atoms with van der Waals surface area (Å²) in [6.07, 6.45) is -0.361. The molecule has 0 aromatic heterocycles. The molecule has 0 aliphatic heterocycles. The maximum absolute atomic E-state index is 12.9. The molecular weight excluding hydrogens is 180 g/mol. The second-order valence-corrected chi connectivity index (χ2v) is 2.51. The van der Waals surface area contributed by atoms with Crippen LogP contribution in [0, 0.1) is 11.6 Å².